The molecule has 1 aliphatic rings. The molecule has 3 rings (SSSR count). The number of carbonyl (C=O) groups is 1. The number of aromatic nitrogens is 1. The third-order valence-electron chi connectivity index (χ3n) is 3.16. The number of ether oxygens (including phenoxy) is 1. The number of para-hydroxylation sites is 1. The van der Waals surface area contributed by atoms with E-state index in [1.54, 1.807) is 12.3 Å². The molecule has 1 N–H and O–H groups in total. The van der Waals surface area contributed by atoms with Crippen LogP contribution >= 0.6 is 0 Å². The first kappa shape index (κ1) is 11.7. The highest BCUT2D eigenvalue weighted by Gasteiger charge is 2.25. The zero-order chi connectivity index (χ0) is 13.1. The molecule has 2 heterocycles. The Balaban J connectivity index is 1.65. The van der Waals surface area contributed by atoms with E-state index in [4.69, 9.17) is 4.74 Å². The minimum Gasteiger partial charge on any atom is -0.493 e. The molecule has 1 aromatic carbocycles. The number of hydrogen-bond acceptors (Lipinski definition) is 3. The molecule has 1 aliphatic heterocycles. The number of fused-ring (bicyclic) bond motifs is 1. The summed E-state index contributed by atoms with van der Waals surface area (Å²) in [5.74, 6) is 1.56. The van der Waals surface area contributed by atoms with Crippen LogP contribution in [0.25, 0.3) is 0 Å². The van der Waals surface area contributed by atoms with E-state index in [-0.39, 0.29) is 11.8 Å². The SMILES string of the molecule is O=C(CC1COc2ccccc21)Nc1ccccn1. The highest BCUT2D eigenvalue weighted by Crippen LogP contribution is 2.35. The van der Waals surface area contributed by atoms with Crippen LogP contribution in [0.15, 0.2) is 48.7 Å². The predicted octanol–water partition coefficient (Wildman–Crippen LogP) is 2.59. The Morgan fingerprint density at radius 1 is 1.26 bits per heavy atom. The van der Waals surface area contributed by atoms with Gasteiger partial charge in [-0.3, -0.25) is 4.79 Å². The van der Waals surface area contributed by atoms with E-state index in [2.05, 4.69) is 10.3 Å². The van der Waals surface area contributed by atoms with Gasteiger partial charge in [0, 0.05) is 24.1 Å². The van der Waals surface area contributed by atoms with Gasteiger partial charge in [0.15, 0.2) is 0 Å². The fraction of sp³-hybridized carbons (Fsp3) is 0.200. The number of benzene rings is 1. The van der Waals surface area contributed by atoms with Crippen LogP contribution in [0.2, 0.25) is 0 Å². The number of amides is 1. The topological polar surface area (TPSA) is 51.2 Å². The molecule has 96 valence electrons. The monoisotopic (exact) mass is 254 g/mol. The van der Waals surface area contributed by atoms with Crippen LogP contribution in [0.3, 0.4) is 0 Å². The van der Waals surface area contributed by atoms with Crippen molar-refractivity contribution < 1.29 is 9.53 Å². The fourth-order valence-electron chi connectivity index (χ4n) is 2.25. The summed E-state index contributed by atoms with van der Waals surface area (Å²) in [6, 6.07) is 13.3. The lowest BCUT2D eigenvalue weighted by atomic mass is 9.98. The number of rotatable bonds is 3. The maximum absolute atomic E-state index is 12.0. The van der Waals surface area contributed by atoms with Crippen LogP contribution in [0.4, 0.5) is 5.82 Å². The van der Waals surface area contributed by atoms with Crippen molar-refractivity contribution >= 4 is 11.7 Å². The zero-order valence-electron chi connectivity index (χ0n) is 10.4. The summed E-state index contributed by atoms with van der Waals surface area (Å²) in [7, 11) is 0. The number of nitrogens with one attached hydrogen (secondary N) is 1. The highest BCUT2D eigenvalue weighted by molar-refractivity contribution is 5.90. The van der Waals surface area contributed by atoms with Gasteiger partial charge in [-0.05, 0) is 18.2 Å². The lowest BCUT2D eigenvalue weighted by molar-refractivity contribution is -0.116. The Kier molecular flexibility index (Phi) is 3.14. The van der Waals surface area contributed by atoms with E-state index in [0.717, 1.165) is 11.3 Å². The van der Waals surface area contributed by atoms with Gasteiger partial charge in [0.1, 0.15) is 11.6 Å². The van der Waals surface area contributed by atoms with E-state index in [1.807, 2.05) is 36.4 Å². The Morgan fingerprint density at radius 2 is 2.11 bits per heavy atom. The number of pyridine rings is 1. The fourth-order valence-corrected chi connectivity index (χ4v) is 2.25. The molecule has 0 fully saturated rings. The third kappa shape index (κ3) is 2.57. The third-order valence-corrected chi connectivity index (χ3v) is 3.16. The summed E-state index contributed by atoms with van der Waals surface area (Å²) >= 11 is 0. The maximum atomic E-state index is 12.0. The predicted molar refractivity (Wildman–Crippen MR) is 72.2 cm³/mol. The van der Waals surface area contributed by atoms with Crippen LogP contribution in [0, 0.1) is 0 Å². The number of carbonyl (C=O) groups excluding carboxylic acids is 1. The van der Waals surface area contributed by atoms with Crippen LogP contribution in [0.1, 0.15) is 17.9 Å². The quantitative estimate of drug-likeness (QED) is 0.916. The molecule has 2 aromatic rings. The summed E-state index contributed by atoms with van der Waals surface area (Å²) in [5, 5.41) is 2.79. The van der Waals surface area contributed by atoms with Crippen molar-refractivity contribution in [2.45, 2.75) is 12.3 Å². The van der Waals surface area contributed by atoms with Gasteiger partial charge in [0.2, 0.25) is 5.91 Å². The van der Waals surface area contributed by atoms with Crippen LogP contribution in [-0.2, 0) is 4.79 Å². The first-order valence-electron chi connectivity index (χ1n) is 6.25. The van der Waals surface area contributed by atoms with E-state index in [0.29, 0.717) is 18.8 Å². The van der Waals surface area contributed by atoms with Gasteiger partial charge < -0.3 is 10.1 Å². The average molecular weight is 254 g/mol. The highest BCUT2D eigenvalue weighted by atomic mass is 16.5. The number of hydrogen-bond donors (Lipinski definition) is 1. The Hall–Kier alpha value is -2.36. The first-order valence-corrected chi connectivity index (χ1v) is 6.25. The maximum Gasteiger partial charge on any atom is 0.226 e. The minimum atomic E-state index is -0.0380. The molecule has 1 amide bonds. The Morgan fingerprint density at radius 3 is 2.95 bits per heavy atom. The van der Waals surface area contributed by atoms with E-state index < -0.39 is 0 Å². The molecule has 0 radical (unpaired) electrons. The molecule has 19 heavy (non-hydrogen) atoms. The number of anilines is 1. The van der Waals surface area contributed by atoms with Crippen molar-refractivity contribution in [3.63, 3.8) is 0 Å². The molecule has 1 aromatic heterocycles. The van der Waals surface area contributed by atoms with Gasteiger partial charge in [-0.15, -0.1) is 0 Å². The van der Waals surface area contributed by atoms with Crippen LogP contribution in [0.5, 0.6) is 5.75 Å². The molecule has 0 saturated heterocycles. The van der Waals surface area contributed by atoms with Gasteiger partial charge in [-0.1, -0.05) is 24.3 Å². The molecule has 0 saturated carbocycles. The normalized spacial score (nSPS) is 16.5. The van der Waals surface area contributed by atoms with Crippen molar-refractivity contribution in [1.82, 2.24) is 4.98 Å². The second-order valence-electron chi connectivity index (χ2n) is 4.51. The van der Waals surface area contributed by atoms with Crippen molar-refractivity contribution in [2.75, 3.05) is 11.9 Å². The molecule has 1 unspecified atom stereocenters. The molecule has 0 bridgehead atoms. The van der Waals surface area contributed by atoms with Gasteiger partial charge in [-0.25, -0.2) is 4.98 Å². The lowest BCUT2D eigenvalue weighted by Crippen LogP contribution is -2.17. The Labute approximate surface area is 111 Å². The second-order valence-corrected chi connectivity index (χ2v) is 4.51. The standard InChI is InChI=1S/C15H14N2O2/c18-15(17-14-7-3-4-8-16-14)9-11-10-19-13-6-2-1-5-12(11)13/h1-8,11H,9-10H2,(H,16,17,18). The van der Waals surface area contributed by atoms with E-state index in [9.17, 15) is 4.79 Å². The minimum absolute atomic E-state index is 0.0380. The summed E-state index contributed by atoms with van der Waals surface area (Å²) < 4.78 is 5.57. The first-order chi connectivity index (χ1) is 9.33. The van der Waals surface area contributed by atoms with Crippen LogP contribution in [-0.4, -0.2) is 17.5 Å². The van der Waals surface area contributed by atoms with Crippen LogP contribution < -0.4 is 10.1 Å². The van der Waals surface area contributed by atoms with Gasteiger partial charge in [0.25, 0.3) is 0 Å². The molecule has 4 heteroatoms. The van der Waals surface area contributed by atoms with E-state index >= 15 is 0 Å². The molecule has 0 spiro atoms. The second kappa shape index (κ2) is 5.10. The zero-order valence-corrected chi connectivity index (χ0v) is 10.4. The Bertz CT molecular complexity index is 584. The van der Waals surface area contributed by atoms with Gasteiger partial charge in [-0.2, -0.15) is 0 Å². The summed E-state index contributed by atoms with van der Waals surface area (Å²) in [4.78, 5) is 16.0. The van der Waals surface area contributed by atoms with Crippen molar-refractivity contribution in [2.24, 2.45) is 0 Å². The van der Waals surface area contributed by atoms with Crippen molar-refractivity contribution in [3.8, 4) is 5.75 Å². The molecular formula is C15H14N2O2. The summed E-state index contributed by atoms with van der Waals surface area (Å²) in [6.07, 6.45) is 2.07. The molecule has 0 aliphatic carbocycles. The molecular weight excluding hydrogens is 240 g/mol. The lowest BCUT2D eigenvalue weighted by Gasteiger charge is -2.08. The summed E-state index contributed by atoms with van der Waals surface area (Å²) in [6.45, 7) is 0.564. The van der Waals surface area contributed by atoms with E-state index in [1.165, 1.54) is 0 Å². The van der Waals surface area contributed by atoms with Crippen molar-refractivity contribution in [3.05, 3.63) is 54.2 Å². The molecule has 1 atom stereocenters. The molecule has 4 nitrogen and oxygen atoms in total. The largest absolute Gasteiger partial charge is 0.493 e. The average Bonchev–Trinajstić information content (AvgIpc) is 2.83. The van der Waals surface area contributed by atoms with Gasteiger partial charge >= 0.3 is 0 Å². The number of nitrogens with zero attached hydrogens (tertiary/aromatic N) is 1. The summed E-state index contributed by atoms with van der Waals surface area (Å²) in [5.41, 5.74) is 1.11. The van der Waals surface area contributed by atoms with Gasteiger partial charge in [0.05, 0.1) is 6.61 Å². The van der Waals surface area contributed by atoms with Crippen molar-refractivity contribution in [1.29, 1.82) is 0 Å². The smallest absolute Gasteiger partial charge is 0.226 e.